The Balaban J connectivity index is 1.82. The Hall–Kier alpha value is -3.53. The van der Waals surface area contributed by atoms with Crippen molar-refractivity contribution in [2.75, 3.05) is 10.0 Å². The summed E-state index contributed by atoms with van der Waals surface area (Å²) < 4.78 is 43.0. The third-order valence-electron chi connectivity index (χ3n) is 5.22. The van der Waals surface area contributed by atoms with Crippen LogP contribution in [0.5, 0.6) is 0 Å². The Morgan fingerprint density at radius 1 is 1.12 bits per heavy atom. The fourth-order valence-electron chi connectivity index (χ4n) is 3.60. The van der Waals surface area contributed by atoms with Crippen LogP contribution in [0.15, 0.2) is 47.4 Å². The zero-order valence-electron chi connectivity index (χ0n) is 17.5. The van der Waals surface area contributed by atoms with E-state index in [0.717, 1.165) is 12.1 Å². The molecule has 0 fully saturated rings. The topological polar surface area (TPSA) is 110 Å². The molecule has 0 bridgehead atoms. The number of halogens is 1. The van der Waals surface area contributed by atoms with E-state index in [2.05, 4.69) is 15.1 Å². The quantitative estimate of drug-likeness (QED) is 0.608. The second kappa shape index (κ2) is 8.19. The molecule has 0 radical (unpaired) electrons. The summed E-state index contributed by atoms with van der Waals surface area (Å²) in [6.07, 6.45) is 0.568. The van der Waals surface area contributed by atoms with E-state index in [4.69, 9.17) is 0 Å². The fraction of sp³-hybridized carbons (Fsp3) is 0.227. The van der Waals surface area contributed by atoms with E-state index in [-0.39, 0.29) is 41.1 Å². The van der Waals surface area contributed by atoms with E-state index >= 15 is 0 Å². The molecule has 0 unspecified atom stereocenters. The molecule has 1 aliphatic heterocycles. The largest absolute Gasteiger partial charge is 0.310 e. The zero-order valence-corrected chi connectivity index (χ0v) is 18.3. The lowest BCUT2D eigenvalue weighted by Crippen LogP contribution is -2.15. The van der Waals surface area contributed by atoms with Gasteiger partial charge in [-0.15, -0.1) is 0 Å². The lowest BCUT2D eigenvalue weighted by molar-refractivity contribution is -0.116. The molecule has 32 heavy (non-hydrogen) atoms. The lowest BCUT2D eigenvalue weighted by Gasteiger charge is -2.13. The highest BCUT2D eigenvalue weighted by molar-refractivity contribution is 7.92. The van der Waals surface area contributed by atoms with E-state index in [1.807, 2.05) is 6.92 Å². The number of anilines is 2. The van der Waals surface area contributed by atoms with E-state index in [0.29, 0.717) is 28.8 Å². The van der Waals surface area contributed by atoms with Gasteiger partial charge in [0.15, 0.2) is 0 Å². The predicted molar refractivity (Wildman–Crippen MR) is 117 cm³/mol. The van der Waals surface area contributed by atoms with Crippen LogP contribution in [0, 0.1) is 12.7 Å². The highest BCUT2D eigenvalue weighted by Gasteiger charge is 2.28. The number of hydrogen-bond donors (Lipinski definition) is 2. The predicted octanol–water partition coefficient (Wildman–Crippen LogP) is 3.73. The summed E-state index contributed by atoms with van der Waals surface area (Å²) in [5, 5.41) is 7.10. The molecule has 0 spiro atoms. The first-order valence-electron chi connectivity index (χ1n) is 10.0. The van der Waals surface area contributed by atoms with Gasteiger partial charge >= 0.3 is 0 Å². The number of carbonyl (C=O) groups excluding carboxylic acids is 2. The lowest BCUT2D eigenvalue weighted by atomic mass is 10.0. The molecule has 166 valence electrons. The van der Waals surface area contributed by atoms with Crippen LogP contribution in [-0.2, 0) is 21.2 Å². The molecule has 4 rings (SSSR count). The van der Waals surface area contributed by atoms with Crippen molar-refractivity contribution in [3.63, 3.8) is 0 Å². The molecule has 0 aliphatic carbocycles. The number of aromatic nitrogens is 2. The number of benzene rings is 2. The molecule has 8 nitrogen and oxygen atoms in total. The smallest absolute Gasteiger partial charge is 0.262 e. The molecule has 2 heterocycles. The molecule has 1 amide bonds. The molecule has 3 aromatic rings. The third-order valence-corrected chi connectivity index (χ3v) is 6.74. The Kier molecular flexibility index (Phi) is 5.55. The minimum atomic E-state index is -3.99. The number of aryl methyl sites for hydroxylation is 2. The van der Waals surface area contributed by atoms with Gasteiger partial charge in [0.25, 0.3) is 10.0 Å². The number of sulfonamides is 1. The first kappa shape index (κ1) is 21.7. The Morgan fingerprint density at radius 3 is 2.53 bits per heavy atom. The van der Waals surface area contributed by atoms with Crippen LogP contribution in [0.25, 0.3) is 11.1 Å². The summed E-state index contributed by atoms with van der Waals surface area (Å²) in [6.45, 7) is 3.52. The second-order valence-corrected chi connectivity index (χ2v) is 9.12. The maximum atomic E-state index is 13.2. The normalized spacial score (nSPS) is 14.0. The van der Waals surface area contributed by atoms with Crippen LogP contribution in [0.4, 0.5) is 15.9 Å². The van der Waals surface area contributed by atoms with Crippen LogP contribution in [-0.4, -0.2) is 30.0 Å². The molecule has 10 heteroatoms. The van der Waals surface area contributed by atoms with Gasteiger partial charge in [0.05, 0.1) is 10.6 Å². The highest BCUT2D eigenvalue weighted by Crippen LogP contribution is 2.36. The van der Waals surface area contributed by atoms with Gasteiger partial charge in [-0.3, -0.25) is 14.3 Å². The Bertz CT molecular complexity index is 1330. The van der Waals surface area contributed by atoms with Gasteiger partial charge in [-0.2, -0.15) is 9.78 Å². The molecular weight excluding hydrogens is 435 g/mol. The highest BCUT2D eigenvalue weighted by atomic mass is 32.2. The number of fused-ring (bicyclic) bond motifs is 1. The zero-order chi connectivity index (χ0) is 23.0. The van der Waals surface area contributed by atoms with E-state index in [1.54, 1.807) is 19.1 Å². The van der Waals surface area contributed by atoms with Crippen molar-refractivity contribution in [3.8, 4) is 11.1 Å². The van der Waals surface area contributed by atoms with Crippen LogP contribution in [0.1, 0.15) is 35.8 Å². The maximum absolute atomic E-state index is 13.2. The SMILES string of the molecule is CCc1nn2c(c1-c1ccc(C)c(S(=O)(=O)Nc3ccc(F)cc3)c1)NC(=O)CCC2=O. The number of hydrogen-bond acceptors (Lipinski definition) is 5. The van der Waals surface area contributed by atoms with E-state index < -0.39 is 15.8 Å². The Labute approximate surface area is 184 Å². The maximum Gasteiger partial charge on any atom is 0.262 e. The van der Waals surface area contributed by atoms with Gasteiger partial charge in [0.2, 0.25) is 11.8 Å². The van der Waals surface area contributed by atoms with Crippen LogP contribution >= 0.6 is 0 Å². The van der Waals surface area contributed by atoms with Gasteiger partial charge in [-0.25, -0.2) is 12.8 Å². The van der Waals surface area contributed by atoms with Gasteiger partial charge in [-0.1, -0.05) is 19.1 Å². The number of carbonyl (C=O) groups is 2. The first-order valence-corrected chi connectivity index (χ1v) is 11.5. The second-order valence-electron chi connectivity index (χ2n) is 7.47. The van der Waals surface area contributed by atoms with Crippen LogP contribution in [0.3, 0.4) is 0 Å². The number of nitrogens with zero attached hydrogens (tertiary/aromatic N) is 2. The van der Waals surface area contributed by atoms with Gasteiger partial charge < -0.3 is 5.32 Å². The summed E-state index contributed by atoms with van der Waals surface area (Å²) in [5.41, 5.74) is 2.30. The summed E-state index contributed by atoms with van der Waals surface area (Å²) in [4.78, 5) is 24.6. The monoisotopic (exact) mass is 456 g/mol. The molecule has 1 aromatic heterocycles. The number of amides is 1. The van der Waals surface area contributed by atoms with Gasteiger partial charge in [-0.05, 0) is 54.8 Å². The number of rotatable bonds is 5. The summed E-state index contributed by atoms with van der Waals surface area (Å²) >= 11 is 0. The van der Waals surface area contributed by atoms with Crippen molar-refractivity contribution in [1.82, 2.24) is 9.78 Å². The summed E-state index contributed by atoms with van der Waals surface area (Å²) in [6, 6.07) is 9.86. The van der Waals surface area contributed by atoms with Crippen molar-refractivity contribution < 1.29 is 22.4 Å². The van der Waals surface area contributed by atoms with Crippen molar-refractivity contribution in [2.45, 2.75) is 38.0 Å². The fourth-order valence-corrected chi connectivity index (χ4v) is 4.93. The molecule has 0 saturated carbocycles. The number of nitrogens with one attached hydrogen (secondary N) is 2. The standard InChI is InChI=1S/C22H21FN4O4S/c1-3-17-21(22-24-19(28)10-11-20(29)27(22)25-17)14-5-4-13(2)18(12-14)32(30,31)26-16-8-6-15(23)7-9-16/h4-9,12,26H,3,10-11H2,1-2H3,(H,24,28). The Morgan fingerprint density at radius 2 is 1.84 bits per heavy atom. The molecule has 0 saturated heterocycles. The van der Waals surface area contributed by atoms with Crippen LogP contribution < -0.4 is 10.0 Å². The van der Waals surface area contributed by atoms with E-state index in [9.17, 15) is 22.4 Å². The molecule has 1 aliphatic rings. The average molecular weight is 456 g/mol. The van der Waals surface area contributed by atoms with E-state index in [1.165, 1.54) is 22.9 Å². The molecule has 2 N–H and O–H groups in total. The third kappa shape index (κ3) is 4.01. The minimum absolute atomic E-state index is 0.0209. The van der Waals surface area contributed by atoms with Crippen molar-refractivity contribution in [1.29, 1.82) is 0 Å². The van der Waals surface area contributed by atoms with Crippen LogP contribution in [0.2, 0.25) is 0 Å². The van der Waals surface area contributed by atoms with Crippen molar-refractivity contribution in [3.05, 3.63) is 59.5 Å². The summed E-state index contributed by atoms with van der Waals surface area (Å²) in [7, 11) is -3.99. The molecule has 2 aromatic carbocycles. The van der Waals surface area contributed by atoms with Crippen molar-refractivity contribution in [2.24, 2.45) is 0 Å². The molecule has 0 atom stereocenters. The minimum Gasteiger partial charge on any atom is -0.310 e. The van der Waals surface area contributed by atoms with Gasteiger partial charge in [0.1, 0.15) is 11.6 Å². The van der Waals surface area contributed by atoms with Crippen molar-refractivity contribution >= 4 is 33.3 Å². The summed E-state index contributed by atoms with van der Waals surface area (Å²) in [5.74, 6) is -0.846. The first-order chi connectivity index (χ1) is 15.2. The van der Waals surface area contributed by atoms with Gasteiger partial charge in [0, 0.05) is 24.1 Å². The molecular formula is C22H21FN4O4S. The average Bonchev–Trinajstić information content (AvgIpc) is 3.05.